The molecule has 1 aromatic carbocycles. The van der Waals surface area contributed by atoms with Crippen molar-refractivity contribution in [3.05, 3.63) is 29.8 Å². The summed E-state index contributed by atoms with van der Waals surface area (Å²) < 4.78 is 0. The fourth-order valence-electron chi connectivity index (χ4n) is 5.09. The zero-order valence-electron chi connectivity index (χ0n) is 19.2. The first-order valence-corrected chi connectivity index (χ1v) is 11.6. The Morgan fingerprint density at radius 1 is 1.15 bits per heavy atom. The van der Waals surface area contributed by atoms with Gasteiger partial charge in [-0.3, -0.25) is 14.4 Å². The Hall–Kier alpha value is -2.65. The van der Waals surface area contributed by atoms with Crippen LogP contribution < -0.4 is 11.1 Å². The van der Waals surface area contributed by atoms with E-state index in [0.29, 0.717) is 37.7 Å². The van der Waals surface area contributed by atoms with Crippen molar-refractivity contribution in [3.63, 3.8) is 0 Å². The second-order valence-corrected chi connectivity index (χ2v) is 9.77. The van der Waals surface area contributed by atoms with Crippen molar-refractivity contribution in [2.24, 2.45) is 17.6 Å². The first-order valence-electron chi connectivity index (χ1n) is 11.6. The maximum atomic E-state index is 13.6. The number of nitrogens with two attached hydrogens (primary N) is 1. The molecule has 1 aromatic rings. The summed E-state index contributed by atoms with van der Waals surface area (Å²) in [5, 5.41) is 32.7. The van der Waals surface area contributed by atoms with Gasteiger partial charge in [0.25, 0.3) is 0 Å². The van der Waals surface area contributed by atoms with E-state index in [9.17, 15) is 29.7 Å². The lowest BCUT2D eigenvalue weighted by Crippen LogP contribution is -2.57. The molecule has 2 aliphatic rings. The lowest BCUT2D eigenvalue weighted by molar-refractivity contribution is -0.145. The predicted molar refractivity (Wildman–Crippen MR) is 121 cm³/mol. The van der Waals surface area contributed by atoms with Crippen molar-refractivity contribution >= 4 is 17.7 Å². The van der Waals surface area contributed by atoms with Crippen LogP contribution in [0.25, 0.3) is 0 Å². The van der Waals surface area contributed by atoms with Gasteiger partial charge in [-0.1, -0.05) is 26.0 Å². The molecule has 1 aliphatic carbocycles. The second kappa shape index (κ2) is 10.5. The van der Waals surface area contributed by atoms with Gasteiger partial charge >= 0.3 is 0 Å². The lowest BCUT2D eigenvalue weighted by atomic mass is 9.83. The Bertz CT molecular complexity index is 858. The SMILES string of the molecule is CC(C)C[C@H](NC(=O)[C@H](O)Cc1ccc(O)cc1)C(=O)N1[C@H](C(N)=O)C[C@@H]2CC[C@@H](O)C[C@@H]21. The smallest absolute Gasteiger partial charge is 0.249 e. The molecule has 6 N–H and O–H groups in total. The van der Waals surface area contributed by atoms with Gasteiger partial charge in [0.2, 0.25) is 17.7 Å². The van der Waals surface area contributed by atoms with Gasteiger partial charge in [-0.15, -0.1) is 0 Å². The van der Waals surface area contributed by atoms with Crippen molar-refractivity contribution in [1.29, 1.82) is 0 Å². The monoisotopic (exact) mass is 461 g/mol. The second-order valence-electron chi connectivity index (χ2n) is 9.77. The number of carbonyl (C=O) groups is 3. The van der Waals surface area contributed by atoms with Crippen LogP contribution in [0.5, 0.6) is 5.75 Å². The lowest BCUT2D eigenvalue weighted by Gasteiger charge is -2.37. The molecule has 2 fully saturated rings. The van der Waals surface area contributed by atoms with Gasteiger partial charge in [0.05, 0.1) is 6.10 Å². The quantitative estimate of drug-likeness (QED) is 0.379. The average molecular weight is 462 g/mol. The molecule has 182 valence electrons. The van der Waals surface area contributed by atoms with Crippen molar-refractivity contribution < 1.29 is 29.7 Å². The first kappa shape index (κ1) is 25.0. The molecular formula is C24H35N3O6. The minimum atomic E-state index is -1.38. The molecule has 0 unspecified atom stereocenters. The normalized spacial score (nSPS) is 26.5. The van der Waals surface area contributed by atoms with Crippen LogP contribution in [0.4, 0.5) is 0 Å². The number of rotatable bonds is 8. The molecule has 0 bridgehead atoms. The van der Waals surface area contributed by atoms with E-state index in [-0.39, 0.29) is 30.0 Å². The highest BCUT2D eigenvalue weighted by atomic mass is 16.3. The molecule has 0 radical (unpaired) electrons. The fraction of sp³-hybridized carbons (Fsp3) is 0.625. The van der Waals surface area contributed by atoms with Crippen LogP contribution in [0.15, 0.2) is 24.3 Å². The minimum Gasteiger partial charge on any atom is -0.508 e. The molecular weight excluding hydrogens is 426 g/mol. The number of likely N-dealkylation sites (tertiary alicyclic amines) is 1. The van der Waals surface area contributed by atoms with Crippen LogP contribution in [0.1, 0.15) is 51.5 Å². The molecule has 6 atom stereocenters. The number of phenols is 1. The summed E-state index contributed by atoms with van der Waals surface area (Å²) in [6.45, 7) is 3.84. The molecule has 33 heavy (non-hydrogen) atoms. The highest BCUT2D eigenvalue weighted by Crippen LogP contribution is 2.40. The van der Waals surface area contributed by atoms with Crippen LogP contribution in [0.2, 0.25) is 0 Å². The van der Waals surface area contributed by atoms with E-state index in [0.717, 1.165) is 0 Å². The van der Waals surface area contributed by atoms with Gasteiger partial charge in [-0.25, -0.2) is 0 Å². The number of hydrogen-bond donors (Lipinski definition) is 5. The maximum Gasteiger partial charge on any atom is 0.249 e. The van der Waals surface area contributed by atoms with E-state index in [4.69, 9.17) is 5.73 Å². The Morgan fingerprint density at radius 2 is 1.82 bits per heavy atom. The van der Waals surface area contributed by atoms with E-state index in [1.807, 2.05) is 13.8 Å². The zero-order chi connectivity index (χ0) is 24.3. The Kier molecular flexibility index (Phi) is 7.97. The van der Waals surface area contributed by atoms with E-state index >= 15 is 0 Å². The van der Waals surface area contributed by atoms with Gasteiger partial charge in [0.1, 0.15) is 23.9 Å². The van der Waals surface area contributed by atoms with Gasteiger partial charge in [0.15, 0.2) is 0 Å². The van der Waals surface area contributed by atoms with Crippen LogP contribution in [-0.2, 0) is 20.8 Å². The van der Waals surface area contributed by atoms with E-state index in [1.165, 1.54) is 17.0 Å². The highest BCUT2D eigenvalue weighted by molar-refractivity contribution is 5.93. The van der Waals surface area contributed by atoms with Crippen LogP contribution in [0, 0.1) is 11.8 Å². The number of aromatic hydroxyl groups is 1. The van der Waals surface area contributed by atoms with Gasteiger partial charge < -0.3 is 31.3 Å². The summed E-state index contributed by atoms with van der Waals surface area (Å²) in [5.74, 6) is -1.44. The molecule has 1 aliphatic heterocycles. The van der Waals surface area contributed by atoms with Crippen LogP contribution in [0.3, 0.4) is 0 Å². The van der Waals surface area contributed by atoms with Crippen LogP contribution in [-0.4, -0.2) is 68.3 Å². The van der Waals surface area contributed by atoms with E-state index < -0.39 is 42.0 Å². The first-order chi connectivity index (χ1) is 15.6. The minimum absolute atomic E-state index is 0.0270. The predicted octanol–water partition coefficient (Wildman–Crippen LogP) is 0.442. The molecule has 9 nitrogen and oxygen atoms in total. The van der Waals surface area contributed by atoms with E-state index in [2.05, 4.69) is 5.32 Å². The largest absolute Gasteiger partial charge is 0.508 e. The van der Waals surface area contributed by atoms with Gasteiger partial charge in [-0.2, -0.15) is 0 Å². The number of aliphatic hydroxyl groups excluding tert-OH is 2. The molecule has 1 saturated carbocycles. The number of hydrogen-bond acceptors (Lipinski definition) is 6. The standard InChI is InChI=1S/C24H35N3O6/c1-13(2)9-18(26-23(32)21(30)10-14-3-6-16(28)7-4-14)24(33)27-19-12-17(29)8-5-15(19)11-20(27)22(25)31/h3-4,6-7,13,15,17-21,28-30H,5,8-12H2,1-2H3,(H2,25,31)(H,26,32)/t15-,17+,18-,19-,20-,21+/m0/s1. The Morgan fingerprint density at radius 3 is 2.42 bits per heavy atom. The van der Waals surface area contributed by atoms with Crippen molar-refractivity contribution in [2.45, 2.75) is 82.7 Å². The van der Waals surface area contributed by atoms with Gasteiger partial charge in [-0.05, 0) is 61.6 Å². The highest BCUT2D eigenvalue weighted by Gasteiger charge is 2.49. The number of fused-ring (bicyclic) bond motifs is 1. The number of nitrogens with one attached hydrogen (secondary N) is 1. The maximum absolute atomic E-state index is 13.6. The summed E-state index contributed by atoms with van der Waals surface area (Å²) in [6.07, 6.45) is 0.620. The summed E-state index contributed by atoms with van der Waals surface area (Å²) in [5.41, 5.74) is 6.28. The number of primary amides is 1. The summed E-state index contributed by atoms with van der Waals surface area (Å²) >= 11 is 0. The Balaban J connectivity index is 1.76. The van der Waals surface area contributed by atoms with Crippen molar-refractivity contribution in [2.75, 3.05) is 0 Å². The third kappa shape index (κ3) is 6.03. The summed E-state index contributed by atoms with van der Waals surface area (Å²) in [6, 6.07) is 4.16. The fourth-order valence-corrected chi connectivity index (χ4v) is 5.09. The summed E-state index contributed by atoms with van der Waals surface area (Å²) in [4.78, 5) is 40.0. The van der Waals surface area contributed by atoms with Crippen molar-refractivity contribution in [1.82, 2.24) is 10.2 Å². The average Bonchev–Trinajstić information content (AvgIpc) is 3.12. The van der Waals surface area contributed by atoms with Crippen molar-refractivity contribution in [3.8, 4) is 5.75 Å². The molecule has 3 amide bonds. The van der Waals surface area contributed by atoms with Gasteiger partial charge in [0, 0.05) is 12.5 Å². The molecule has 0 spiro atoms. The number of amides is 3. The van der Waals surface area contributed by atoms with Crippen LogP contribution >= 0.6 is 0 Å². The molecule has 1 heterocycles. The van der Waals surface area contributed by atoms with E-state index in [1.54, 1.807) is 12.1 Å². The zero-order valence-corrected chi connectivity index (χ0v) is 19.2. The number of aliphatic hydroxyl groups is 2. The molecule has 1 saturated heterocycles. The number of carbonyl (C=O) groups excluding carboxylic acids is 3. The molecule has 3 rings (SSSR count). The Labute approximate surface area is 194 Å². The third-order valence-corrected chi connectivity index (χ3v) is 6.72. The number of phenolic OH excluding ortho intramolecular Hbond substituents is 1. The summed E-state index contributed by atoms with van der Waals surface area (Å²) in [7, 11) is 0. The molecule has 0 aromatic heterocycles. The topological polar surface area (TPSA) is 153 Å². The molecule has 9 heteroatoms. The third-order valence-electron chi connectivity index (χ3n) is 6.72. The number of benzene rings is 1. The number of nitrogens with zero attached hydrogens (tertiary/aromatic N) is 1.